The SMILES string of the molecule is CC(C)(C)CC(N)C#N.CC(C)(C)C[C@@H](N)C(=O)O.CC(C)(C)C[C@H](N)C#N. The molecule has 164 valence electrons. The zero-order valence-electron chi connectivity index (χ0n) is 19.3. The average Bonchev–Trinajstić information content (AvgIpc) is 2.43. The van der Waals surface area contributed by atoms with Crippen LogP contribution in [0, 0.1) is 38.9 Å². The van der Waals surface area contributed by atoms with Crippen molar-refractivity contribution in [1.82, 2.24) is 0 Å². The van der Waals surface area contributed by atoms with Gasteiger partial charge >= 0.3 is 5.97 Å². The van der Waals surface area contributed by atoms with Crippen molar-refractivity contribution in [2.45, 2.75) is 99.7 Å². The van der Waals surface area contributed by atoms with Crippen LogP contribution in [0.1, 0.15) is 81.6 Å². The van der Waals surface area contributed by atoms with E-state index in [1.807, 2.05) is 32.9 Å². The Morgan fingerprint density at radius 1 is 0.750 bits per heavy atom. The van der Waals surface area contributed by atoms with Crippen LogP contribution < -0.4 is 17.2 Å². The lowest BCUT2D eigenvalue weighted by Gasteiger charge is -2.20. The number of hydrogen-bond acceptors (Lipinski definition) is 6. The zero-order valence-corrected chi connectivity index (χ0v) is 19.3. The lowest BCUT2D eigenvalue weighted by atomic mass is 9.88. The second kappa shape index (κ2) is 13.5. The first-order chi connectivity index (χ1) is 12.2. The number of nitriles is 2. The lowest BCUT2D eigenvalue weighted by Crippen LogP contribution is -2.34. The predicted molar refractivity (Wildman–Crippen MR) is 115 cm³/mol. The summed E-state index contributed by atoms with van der Waals surface area (Å²) in [4.78, 5) is 10.3. The third kappa shape index (κ3) is 29.1. The van der Waals surface area contributed by atoms with Crippen LogP contribution in [0.3, 0.4) is 0 Å². The smallest absolute Gasteiger partial charge is 0.320 e. The third-order valence-corrected chi connectivity index (χ3v) is 3.15. The van der Waals surface area contributed by atoms with Gasteiger partial charge in [0.15, 0.2) is 0 Å². The van der Waals surface area contributed by atoms with E-state index in [1.54, 1.807) is 0 Å². The molecule has 0 heterocycles. The molecule has 0 fully saturated rings. The highest BCUT2D eigenvalue weighted by atomic mass is 16.4. The standard InChI is InChI=1S/2C7H14N2.C7H15NO2/c2*1-7(2,3)4-6(9)5-8;1-7(2,3)4-5(8)6(9)10/h2*6H,4,9H2,1-3H3;5H,4,8H2,1-3H3,(H,9,10)/t6-;;5-/m0.1/s1. The molecule has 3 atom stereocenters. The van der Waals surface area contributed by atoms with Crippen LogP contribution in [0.5, 0.6) is 0 Å². The Bertz CT molecular complexity index is 481. The van der Waals surface area contributed by atoms with E-state index in [2.05, 4.69) is 41.5 Å². The molecule has 0 aliphatic carbocycles. The molecule has 0 saturated carbocycles. The first kappa shape index (κ1) is 31.0. The van der Waals surface area contributed by atoms with Gasteiger partial charge in [-0.3, -0.25) is 4.79 Å². The van der Waals surface area contributed by atoms with Crippen LogP contribution in [0.25, 0.3) is 0 Å². The minimum absolute atomic E-state index is 0.00218. The Hall–Kier alpha value is -1.67. The zero-order chi connectivity index (χ0) is 23.3. The molecule has 7 heteroatoms. The minimum atomic E-state index is -0.921. The molecule has 7 N–H and O–H groups in total. The maximum absolute atomic E-state index is 10.3. The summed E-state index contributed by atoms with van der Waals surface area (Å²) in [6.45, 7) is 18.3. The van der Waals surface area contributed by atoms with Crippen molar-refractivity contribution in [2.75, 3.05) is 0 Å². The van der Waals surface area contributed by atoms with Crippen LogP contribution in [-0.2, 0) is 4.79 Å². The second-order valence-electron chi connectivity index (χ2n) is 10.7. The molecule has 0 aliphatic rings. The summed E-state index contributed by atoms with van der Waals surface area (Å²) in [6, 6.07) is 2.67. The maximum atomic E-state index is 10.3. The first-order valence-electron chi connectivity index (χ1n) is 9.53. The summed E-state index contributed by atoms with van der Waals surface area (Å²) in [7, 11) is 0. The molecule has 0 spiro atoms. The summed E-state index contributed by atoms with van der Waals surface area (Å²) in [5.74, 6) is -0.921. The van der Waals surface area contributed by atoms with E-state index in [1.165, 1.54) is 0 Å². The molecule has 0 aromatic heterocycles. The topological polar surface area (TPSA) is 163 Å². The van der Waals surface area contributed by atoms with Crippen molar-refractivity contribution in [3.05, 3.63) is 0 Å². The number of nitrogens with zero attached hydrogens (tertiary/aromatic N) is 2. The maximum Gasteiger partial charge on any atom is 0.320 e. The molecule has 0 aromatic rings. The van der Waals surface area contributed by atoms with Gasteiger partial charge in [-0.25, -0.2) is 0 Å². The van der Waals surface area contributed by atoms with E-state index in [9.17, 15) is 4.79 Å². The summed E-state index contributed by atoms with van der Waals surface area (Å²) in [5, 5.41) is 25.1. The fourth-order valence-electron chi connectivity index (χ4n) is 2.16. The second-order valence-corrected chi connectivity index (χ2v) is 10.7. The lowest BCUT2D eigenvalue weighted by molar-refractivity contribution is -0.139. The molecule has 7 nitrogen and oxygen atoms in total. The van der Waals surface area contributed by atoms with Gasteiger partial charge < -0.3 is 22.3 Å². The molecular formula is C21H43N5O2. The van der Waals surface area contributed by atoms with Crippen LogP contribution in [0.2, 0.25) is 0 Å². The quantitative estimate of drug-likeness (QED) is 0.564. The van der Waals surface area contributed by atoms with Gasteiger partial charge in [-0.1, -0.05) is 62.3 Å². The van der Waals surface area contributed by atoms with Crippen molar-refractivity contribution in [1.29, 1.82) is 10.5 Å². The highest BCUT2D eigenvalue weighted by Gasteiger charge is 2.20. The fourth-order valence-corrected chi connectivity index (χ4v) is 2.16. The molecule has 0 saturated heterocycles. The van der Waals surface area contributed by atoms with Gasteiger partial charge in [-0.05, 0) is 35.5 Å². The van der Waals surface area contributed by atoms with E-state index in [4.69, 9.17) is 32.8 Å². The van der Waals surface area contributed by atoms with Gasteiger partial charge in [0.2, 0.25) is 0 Å². The third-order valence-electron chi connectivity index (χ3n) is 3.15. The Kier molecular flexibility index (Phi) is 15.0. The summed E-state index contributed by atoms with van der Waals surface area (Å²) < 4.78 is 0. The van der Waals surface area contributed by atoms with E-state index in [-0.39, 0.29) is 28.3 Å². The Morgan fingerprint density at radius 3 is 1.07 bits per heavy atom. The van der Waals surface area contributed by atoms with Crippen LogP contribution in [0.4, 0.5) is 0 Å². The number of carboxylic acids is 1. The van der Waals surface area contributed by atoms with Crippen molar-refractivity contribution < 1.29 is 9.90 Å². The molecular weight excluding hydrogens is 354 g/mol. The first-order valence-corrected chi connectivity index (χ1v) is 9.53. The van der Waals surface area contributed by atoms with Gasteiger partial charge in [0.1, 0.15) is 6.04 Å². The van der Waals surface area contributed by atoms with Gasteiger partial charge in [0, 0.05) is 0 Å². The number of aliphatic carboxylic acids is 1. The van der Waals surface area contributed by atoms with Crippen molar-refractivity contribution >= 4 is 5.97 Å². The molecule has 0 rings (SSSR count). The van der Waals surface area contributed by atoms with E-state index in [0.717, 1.165) is 12.8 Å². The van der Waals surface area contributed by atoms with E-state index in [0.29, 0.717) is 6.42 Å². The molecule has 0 aliphatic heterocycles. The number of rotatable bonds is 4. The highest BCUT2D eigenvalue weighted by Crippen LogP contribution is 2.20. The number of carbonyl (C=O) groups is 1. The molecule has 0 radical (unpaired) electrons. The Labute approximate surface area is 172 Å². The number of carboxylic acid groups (broad SMARTS) is 1. The minimum Gasteiger partial charge on any atom is -0.480 e. The Balaban J connectivity index is -0.000000336. The largest absolute Gasteiger partial charge is 0.480 e. The molecule has 28 heavy (non-hydrogen) atoms. The van der Waals surface area contributed by atoms with Gasteiger partial charge in [-0.2, -0.15) is 10.5 Å². The molecule has 1 unspecified atom stereocenters. The average molecular weight is 398 g/mol. The van der Waals surface area contributed by atoms with Crippen LogP contribution in [0.15, 0.2) is 0 Å². The number of nitrogens with two attached hydrogens (primary N) is 3. The molecule has 0 bridgehead atoms. The van der Waals surface area contributed by atoms with Crippen molar-refractivity contribution in [3.63, 3.8) is 0 Å². The summed E-state index contributed by atoms with van der Waals surface area (Å²) in [6.07, 6.45) is 2.05. The summed E-state index contributed by atoms with van der Waals surface area (Å²) >= 11 is 0. The van der Waals surface area contributed by atoms with Gasteiger partial charge in [-0.15, -0.1) is 0 Å². The van der Waals surface area contributed by atoms with E-state index < -0.39 is 12.0 Å². The Morgan fingerprint density at radius 2 is 1.00 bits per heavy atom. The fraction of sp³-hybridized carbons (Fsp3) is 0.857. The predicted octanol–water partition coefficient (Wildman–Crippen LogP) is 3.38. The van der Waals surface area contributed by atoms with Crippen molar-refractivity contribution in [3.8, 4) is 12.1 Å². The number of hydrogen-bond donors (Lipinski definition) is 4. The van der Waals surface area contributed by atoms with Crippen LogP contribution >= 0.6 is 0 Å². The highest BCUT2D eigenvalue weighted by molar-refractivity contribution is 5.73. The van der Waals surface area contributed by atoms with Gasteiger partial charge in [0.05, 0.1) is 24.2 Å². The van der Waals surface area contributed by atoms with Crippen LogP contribution in [-0.4, -0.2) is 29.2 Å². The van der Waals surface area contributed by atoms with Crippen molar-refractivity contribution in [2.24, 2.45) is 33.4 Å². The monoisotopic (exact) mass is 397 g/mol. The van der Waals surface area contributed by atoms with E-state index >= 15 is 0 Å². The normalized spacial score (nSPS) is 14.6. The molecule has 0 amide bonds. The molecule has 0 aromatic carbocycles. The summed E-state index contributed by atoms with van der Waals surface area (Å²) in [5.41, 5.74) is 16.4. The van der Waals surface area contributed by atoms with Gasteiger partial charge in [0.25, 0.3) is 0 Å².